The van der Waals surface area contributed by atoms with Crippen molar-refractivity contribution in [3.05, 3.63) is 90.3 Å². The zero-order valence-corrected chi connectivity index (χ0v) is 13.3. The van der Waals surface area contributed by atoms with Gasteiger partial charge in [0.2, 0.25) is 0 Å². The van der Waals surface area contributed by atoms with Crippen molar-refractivity contribution in [3.63, 3.8) is 0 Å². The van der Waals surface area contributed by atoms with Gasteiger partial charge >= 0.3 is 0 Å². The van der Waals surface area contributed by atoms with Crippen molar-refractivity contribution in [2.45, 2.75) is 12.2 Å². The average Bonchev–Trinajstić information content (AvgIpc) is 2.61. The van der Waals surface area contributed by atoms with Crippen molar-refractivity contribution >= 4 is 11.8 Å². The number of thioether (sulfide) groups is 1. The van der Waals surface area contributed by atoms with Crippen LogP contribution in [0.25, 0.3) is 11.1 Å². The minimum absolute atomic E-state index is 0.974. The van der Waals surface area contributed by atoms with E-state index in [0.717, 1.165) is 23.6 Å². The third kappa shape index (κ3) is 4.22. The van der Waals surface area contributed by atoms with Crippen LogP contribution in [0.2, 0.25) is 0 Å². The molecule has 3 aromatic rings. The Labute approximate surface area is 136 Å². The van der Waals surface area contributed by atoms with E-state index >= 15 is 0 Å². The highest BCUT2D eigenvalue weighted by molar-refractivity contribution is 7.98. The molecule has 1 aromatic heterocycles. The van der Waals surface area contributed by atoms with Crippen LogP contribution in [0.15, 0.2) is 79.0 Å². The highest BCUT2D eigenvalue weighted by Gasteiger charge is 1.99. The van der Waals surface area contributed by atoms with Gasteiger partial charge in [-0.1, -0.05) is 66.7 Å². The number of rotatable bonds is 6. The molecule has 0 radical (unpaired) electrons. The van der Waals surface area contributed by atoms with Crippen LogP contribution in [-0.2, 0) is 12.2 Å². The van der Waals surface area contributed by atoms with E-state index in [1.807, 2.05) is 24.0 Å². The number of pyridine rings is 1. The summed E-state index contributed by atoms with van der Waals surface area (Å²) in [6.45, 7) is 0. The van der Waals surface area contributed by atoms with E-state index in [1.165, 1.54) is 16.7 Å². The molecule has 0 aliphatic carbocycles. The first-order valence-corrected chi connectivity index (χ1v) is 8.69. The lowest BCUT2D eigenvalue weighted by Crippen LogP contribution is -1.91. The molecule has 0 atom stereocenters. The van der Waals surface area contributed by atoms with Gasteiger partial charge in [-0.15, -0.1) is 0 Å². The molecule has 0 bridgehead atoms. The SMILES string of the molecule is c1ccc(CCSCc2ccc(-c3ccccc3)cn2)cc1. The van der Waals surface area contributed by atoms with Crippen molar-refractivity contribution in [1.82, 2.24) is 4.98 Å². The Morgan fingerprint density at radius 1 is 0.727 bits per heavy atom. The van der Waals surface area contributed by atoms with Gasteiger partial charge in [-0.3, -0.25) is 4.98 Å². The van der Waals surface area contributed by atoms with Crippen LogP contribution in [0.1, 0.15) is 11.3 Å². The Balaban J connectivity index is 1.49. The second kappa shape index (κ2) is 7.81. The maximum Gasteiger partial charge on any atom is 0.0503 e. The number of aryl methyl sites for hydroxylation is 1. The van der Waals surface area contributed by atoms with Crippen LogP contribution in [-0.4, -0.2) is 10.7 Å². The van der Waals surface area contributed by atoms with Gasteiger partial charge in [-0.05, 0) is 29.4 Å². The number of benzene rings is 2. The first kappa shape index (κ1) is 14.9. The highest BCUT2D eigenvalue weighted by Crippen LogP contribution is 2.19. The van der Waals surface area contributed by atoms with Gasteiger partial charge < -0.3 is 0 Å². The van der Waals surface area contributed by atoms with E-state index in [0.29, 0.717) is 0 Å². The highest BCUT2D eigenvalue weighted by atomic mass is 32.2. The molecule has 0 saturated heterocycles. The van der Waals surface area contributed by atoms with Crippen LogP contribution in [0, 0.1) is 0 Å². The molecule has 0 amide bonds. The summed E-state index contributed by atoms with van der Waals surface area (Å²) >= 11 is 1.94. The van der Waals surface area contributed by atoms with Crippen LogP contribution in [0.3, 0.4) is 0 Å². The lowest BCUT2D eigenvalue weighted by Gasteiger charge is -2.04. The fourth-order valence-corrected chi connectivity index (χ4v) is 3.23. The zero-order valence-electron chi connectivity index (χ0n) is 12.5. The standard InChI is InChI=1S/C20H19NS/c1-3-7-17(8-4-1)13-14-22-16-20-12-11-19(15-21-20)18-9-5-2-6-10-18/h1-12,15H,13-14,16H2. The van der Waals surface area contributed by atoms with E-state index in [2.05, 4.69) is 71.7 Å². The molecule has 2 aromatic carbocycles. The maximum atomic E-state index is 4.58. The third-order valence-corrected chi connectivity index (χ3v) is 4.55. The Hall–Kier alpha value is -2.06. The van der Waals surface area contributed by atoms with Crippen LogP contribution >= 0.6 is 11.8 Å². The van der Waals surface area contributed by atoms with Crippen molar-refractivity contribution in [1.29, 1.82) is 0 Å². The largest absolute Gasteiger partial charge is 0.260 e. The molecule has 0 saturated carbocycles. The molecule has 1 heterocycles. The van der Waals surface area contributed by atoms with Crippen LogP contribution < -0.4 is 0 Å². The number of hydrogen-bond donors (Lipinski definition) is 0. The predicted molar refractivity (Wildman–Crippen MR) is 96.0 cm³/mol. The lowest BCUT2D eigenvalue weighted by molar-refractivity contribution is 1.14. The monoisotopic (exact) mass is 305 g/mol. The second-order valence-corrected chi connectivity index (χ2v) is 6.30. The average molecular weight is 305 g/mol. The number of aromatic nitrogens is 1. The van der Waals surface area contributed by atoms with Gasteiger partial charge in [0, 0.05) is 17.5 Å². The molecular weight excluding hydrogens is 286 g/mol. The van der Waals surface area contributed by atoms with Crippen LogP contribution in [0.4, 0.5) is 0 Å². The van der Waals surface area contributed by atoms with Gasteiger partial charge in [0.1, 0.15) is 0 Å². The minimum Gasteiger partial charge on any atom is -0.260 e. The molecule has 0 fully saturated rings. The third-order valence-electron chi connectivity index (χ3n) is 3.56. The van der Waals surface area contributed by atoms with Gasteiger partial charge in [-0.2, -0.15) is 11.8 Å². The summed E-state index contributed by atoms with van der Waals surface area (Å²) in [6.07, 6.45) is 3.09. The second-order valence-electron chi connectivity index (χ2n) is 5.19. The zero-order chi connectivity index (χ0) is 15.0. The molecule has 0 aliphatic heterocycles. The van der Waals surface area contributed by atoms with Gasteiger partial charge in [-0.25, -0.2) is 0 Å². The van der Waals surface area contributed by atoms with Crippen molar-refractivity contribution < 1.29 is 0 Å². The summed E-state index contributed by atoms with van der Waals surface area (Å²) in [6, 6.07) is 25.3. The maximum absolute atomic E-state index is 4.58. The molecule has 22 heavy (non-hydrogen) atoms. The first-order chi connectivity index (χ1) is 10.9. The first-order valence-electron chi connectivity index (χ1n) is 7.54. The van der Waals surface area contributed by atoms with E-state index in [1.54, 1.807) is 0 Å². The number of hydrogen-bond acceptors (Lipinski definition) is 2. The molecule has 0 spiro atoms. The van der Waals surface area contributed by atoms with Crippen LogP contribution in [0.5, 0.6) is 0 Å². The summed E-state index contributed by atoms with van der Waals surface area (Å²) in [7, 11) is 0. The Kier molecular flexibility index (Phi) is 5.27. The summed E-state index contributed by atoms with van der Waals surface area (Å²) in [5, 5.41) is 0. The molecule has 1 nitrogen and oxygen atoms in total. The molecular formula is C20H19NS. The fourth-order valence-electron chi connectivity index (χ4n) is 2.32. The Morgan fingerprint density at radius 3 is 2.14 bits per heavy atom. The predicted octanol–water partition coefficient (Wildman–Crippen LogP) is 5.22. The van der Waals surface area contributed by atoms with E-state index < -0.39 is 0 Å². The molecule has 3 rings (SSSR count). The Morgan fingerprint density at radius 2 is 1.45 bits per heavy atom. The summed E-state index contributed by atoms with van der Waals surface area (Å²) in [5.74, 6) is 2.11. The van der Waals surface area contributed by atoms with E-state index in [-0.39, 0.29) is 0 Å². The normalized spacial score (nSPS) is 10.5. The summed E-state index contributed by atoms with van der Waals surface area (Å²) in [5.41, 5.74) is 4.96. The molecule has 0 unspecified atom stereocenters. The van der Waals surface area contributed by atoms with Crippen molar-refractivity contribution in [2.24, 2.45) is 0 Å². The smallest absolute Gasteiger partial charge is 0.0503 e. The lowest BCUT2D eigenvalue weighted by atomic mass is 10.1. The summed E-state index contributed by atoms with van der Waals surface area (Å²) in [4.78, 5) is 4.58. The quantitative estimate of drug-likeness (QED) is 0.579. The molecule has 2 heteroatoms. The summed E-state index contributed by atoms with van der Waals surface area (Å²) < 4.78 is 0. The molecule has 0 N–H and O–H groups in total. The van der Waals surface area contributed by atoms with E-state index in [4.69, 9.17) is 0 Å². The van der Waals surface area contributed by atoms with E-state index in [9.17, 15) is 0 Å². The minimum atomic E-state index is 0.974. The van der Waals surface area contributed by atoms with Gasteiger partial charge in [0.25, 0.3) is 0 Å². The Bertz CT molecular complexity index is 678. The van der Waals surface area contributed by atoms with Crippen molar-refractivity contribution in [3.8, 4) is 11.1 Å². The van der Waals surface area contributed by atoms with Gasteiger partial charge in [0.15, 0.2) is 0 Å². The number of nitrogens with zero attached hydrogens (tertiary/aromatic N) is 1. The topological polar surface area (TPSA) is 12.9 Å². The van der Waals surface area contributed by atoms with Gasteiger partial charge in [0.05, 0.1) is 5.69 Å². The fraction of sp³-hybridized carbons (Fsp3) is 0.150. The molecule has 110 valence electrons. The molecule has 0 aliphatic rings. The van der Waals surface area contributed by atoms with Crippen molar-refractivity contribution in [2.75, 3.05) is 5.75 Å².